The van der Waals surface area contributed by atoms with Crippen LogP contribution in [0.1, 0.15) is 20.3 Å². The summed E-state index contributed by atoms with van der Waals surface area (Å²) in [6.45, 7) is 3.82. The molecule has 62 valence electrons. The van der Waals surface area contributed by atoms with Crippen LogP contribution < -0.4 is 0 Å². The average molecular weight is 155 g/mol. The number of carbonyl (C=O) groups excluding carboxylic acids is 2. The lowest BCUT2D eigenvalue weighted by molar-refractivity contribution is -0.135. The second-order valence-electron chi connectivity index (χ2n) is 2.60. The fourth-order valence-electron chi connectivity index (χ4n) is 0.494. The largest absolute Gasteiger partial charge is 0.288 e. The summed E-state index contributed by atoms with van der Waals surface area (Å²) in [5, 5.41) is 0. The molecule has 0 heterocycles. The summed E-state index contributed by atoms with van der Waals surface area (Å²) in [7, 11) is 1.45. The Labute approximate surface area is 66.7 Å². The Hall–Kier alpha value is -1.12. The van der Waals surface area contributed by atoms with Crippen LogP contribution in [0.5, 0.6) is 0 Å². The van der Waals surface area contributed by atoms with Crippen molar-refractivity contribution < 1.29 is 9.59 Å². The molecule has 0 radical (unpaired) electrons. The summed E-state index contributed by atoms with van der Waals surface area (Å²) in [5.41, 5.74) is 1.08. The van der Waals surface area contributed by atoms with Crippen LogP contribution in [0.15, 0.2) is 11.6 Å². The molecule has 11 heavy (non-hydrogen) atoms. The van der Waals surface area contributed by atoms with Gasteiger partial charge in [-0.15, -0.1) is 0 Å². The number of hydrogen-bond donors (Lipinski definition) is 0. The maximum Gasteiger partial charge on any atom is 0.232 e. The van der Waals surface area contributed by atoms with Crippen LogP contribution >= 0.6 is 0 Å². The van der Waals surface area contributed by atoms with E-state index in [1.54, 1.807) is 6.08 Å². The van der Waals surface area contributed by atoms with Gasteiger partial charge in [-0.1, -0.05) is 11.6 Å². The lowest BCUT2D eigenvalue weighted by atomic mass is 10.2. The first-order valence-electron chi connectivity index (χ1n) is 3.42. The van der Waals surface area contributed by atoms with Crippen molar-refractivity contribution in [3.63, 3.8) is 0 Å². The lowest BCUT2D eigenvalue weighted by Crippen LogP contribution is -2.23. The first-order chi connectivity index (χ1) is 5.07. The highest BCUT2D eigenvalue weighted by Crippen LogP contribution is 1.95. The maximum absolute atomic E-state index is 10.9. The molecular weight excluding hydrogens is 142 g/mol. The van der Waals surface area contributed by atoms with Crippen LogP contribution in [0.2, 0.25) is 0 Å². The van der Waals surface area contributed by atoms with E-state index in [1.165, 1.54) is 7.05 Å². The molecule has 0 rings (SSSR count). The van der Waals surface area contributed by atoms with E-state index in [2.05, 4.69) is 0 Å². The molecule has 0 aliphatic rings. The monoisotopic (exact) mass is 155 g/mol. The molecule has 0 atom stereocenters. The molecular formula is C8H13NO2. The van der Waals surface area contributed by atoms with Crippen molar-refractivity contribution >= 4 is 12.3 Å². The molecule has 3 nitrogen and oxygen atoms in total. The van der Waals surface area contributed by atoms with Gasteiger partial charge in [-0.3, -0.25) is 14.5 Å². The predicted octanol–water partition coefficient (Wildman–Crippen LogP) is 0.958. The van der Waals surface area contributed by atoms with E-state index in [1.807, 2.05) is 13.8 Å². The molecule has 0 aromatic heterocycles. The van der Waals surface area contributed by atoms with Crippen LogP contribution in [-0.2, 0) is 9.59 Å². The quantitative estimate of drug-likeness (QED) is 0.449. The van der Waals surface area contributed by atoms with Crippen molar-refractivity contribution in [1.29, 1.82) is 0 Å². The second-order valence-corrected chi connectivity index (χ2v) is 2.60. The number of amides is 2. The Bertz CT molecular complexity index is 181. The van der Waals surface area contributed by atoms with Crippen molar-refractivity contribution in [2.45, 2.75) is 20.3 Å². The average Bonchev–Trinajstić information content (AvgIpc) is 1.98. The Morgan fingerprint density at radius 2 is 2.00 bits per heavy atom. The van der Waals surface area contributed by atoms with Gasteiger partial charge in [-0.05, 0) is 13.8 Å². The van der Waals surface area contributed by atoms with Gasteiger partial charge in [0.15, 0.2) is 0 Å². The van der Waals surface area contributed by atoms with E-state index in [9.17, 15) is 9.59 Å². The molecule has 0 aliphatic carbocycles. The molecule has 0 unspecified atom stereocenters. The van der Waals surface area contributed by atoms with Crippen LogP contribution in [0.3, 0.4) is 0 Å². The van der Waals surface area contributed by atoms with E-state index >= 15 is 0 Å². The van der Waals surface area contributed by atoms with Gasteiger partial charge in [0.25, 0.3) is 0 Å². The lowest BCUT2D eigenvalue weighted by Gasteiger charge is -2.05. The second kappa shape index (κ2) is 4.66. The van der Waals surface area contributed by atoms with Crippen molar-refractivity contribution in [2.75, 3.05) is 7.05 Å². The third kappa shape index (κ3) is 4.31. The van der Waals surface area contributed by atoms with Gasteiger partial charge in [0.2, 0.25) is 12.3 Å². The van der Waals surface area contributed by atoms with Crippen molar-refractivity contribution in [3.8, 4) is 0 Å². The molecule has 0 spiro atoms. The molecule has 0 aliphatic heterocycles. The molecule has 3 heteroatoms. The fraction of sp³-hybridized carbons (Fsp3) is 0.500. The number of imide groups is 1. The summed E-state index contributed by atoms with van der Waals surface area (Å²) in [6.07, 6.45) is 2.61. The standard InChI is InChI=1S/C8H13NO2/c1-7(2)4-5-8(11)9(3)6-10/h4,6H,5H2,1-3H3. The molecule has 0 bridgehead atoms. The van der Waals surface area contributed by atoms with Crippen molar-refractivity contribution in [2.24, 2.45) is 0 Å². The highest BCUT2D eigenvalue weighted by Gasteiger charge is 2.03. The zero-order chi connectivity index (χ0) is 8.85. The minimum Gasteiger partial charge on any atom is -0.288 e. The normalized spacial score (nSPS) is 8.64. The Morgan fingerprint density at radius 1 is 1.45 bits per heavy atom. The summed E-state index contributed by atoms with van der Waals surface area (Å²) in [6, 6.07) is 0. The molecule has 0 aromatic rings. The predicted molar refractivity (Wildman–Crippen MR) is 42.9 cm³/mol. The molecule has 0 saturated heterocycles. The number of nitrogens with zero attached hydrogens (tertiary/aromatic N) is 1. The SMILES string of the molecule is CC(C)=CCC(=O)N(C)C=O. The third-order valence-corrected chi connectivity index (χ3v) is 1.24. The topological polar surface area (TPSA) is 37.4 Å². The van der Waals surface area contributed by atoms with Gasteiger partial charge in [0.1, 0.15) is 0 Å². The summed E-state index contributed by atoms with van der Waals surface area (Å²) < 4.78 is 0. The smallest absolute Gasteiger partial charge is 0.232 e. The van der Waals surface area contributed by atoms with E-state index in [4.69, 9.17) is 0 Å². The summed E-state index contributed by atoms with van der Waals surface area (Å²) in [4.78, 5) is 22.0. The van der Waals surface area contributed by atoms with Gasteiger partial charge in [0.05, 0.1) is 0 Å². The fourth-order valence-corrected chi connectivity index (χ4v) is 0.494. The van der Waals surface area contributed by atoms with Gasteiger partial charge >= 0.3 is 0 Å². The molecule has 0 saturated carbocycles. The van der Waals surface area contributed by atoms with Crippen molar-refractivity contribution in [1.82, 2.24) is 4.90 Å². The number of rotatable bonds is 3. The zero-order valence-electron chi connectivity index (χ0n) is 7.13. The van der Waals surface area contributed by atoms with Crippen LogP contribution in [-0.4, -0.2) is 24.3 Å². The Kier molecular flexibility index (Phi) is 4.18. The number of allylic oxidation sites excluding steroid dienone is 1. The number of hydrogen-bond acceptors (Lipinski definition) is 2. The van der Waals surface area contributed by atoms with Gasteiger partial charge in [0, 0.05) is 13.5 Å². The Morgan fingerprint density at radius 3 is 2.36 bits per heavy atom. The minimum absolute atomic E-state index is 0.179. The highest BCUT2D eigenvalue weighted by molar-refractivity contribution is 5.86. The third-order valence-electron chi connectivity index (χ3n) is 1.24. The maximum atomic E-state index is 10.9. The van der Waals surface area contributed by atoms with Crippen molar-refractivity contribution in [3.05, 3.63) is 11.6 Å². The zero-order valence-corrected chi connectivity index (χ0v) is 7.13. The van der Waals surface area contributed by atoms with Crippen LogP contribution in [0.25, 0.3) is 0 Å². The minimum atomic E-state index is -0.179. The molecule has 2 amide bonds. The molecule has 0 fully saturated rings. The van der Waals surface area contributed by atoms with E-state index < -0.39 is 0 Å². The van der Waals surface area contributed by atoms with Crippen LogP contribution in [0, 0.1) is 0 Å². The highest BCUT2D eigenvalue weighted by atomic mass is 16.2. The summed E-state index contributed by atoms with van der Waals surface area (Å²) in [5.74, 6) is -0.179. The van der Waals surface area contributed by atoms with Gasteiger partial charge in [-0.25, -0.2) is 0 Å². The van der Waals surface area contributed by atoms with E-state index in [0.29, 0.717) is 12.8 Å². The van der Waals surface area contributed by atoms with Gasteiger partial charge in [-0.2, -0.15) is 0 Å². The first kappa shape index (κ1) is 9.88. The van der Waals surface area contributed by atoms with Crippen LogP contribution in [0.4, 0.5) is 0 Å². The first-order valence-corrected chi connectivity index (χ1v) is 3.42. The summed E-state index contributed by atoms with van der Waals surface area (Å²) >= 11 is 0. The molecule has 0 aromatic carbocycles. The van der Waals surface area contributed by atoms with Gasteiger partial charge < -0.3 is 0 Å². The Balaban J connectivity index is 3.88. The van der Waals surface area contributed by atoms with E-state index in [0.717, 1.165) is 10.5 Å². The number of carbonyl (C=O) groups is 2. The van der Waals surface area contributed by atoms with E-state index in [-0.39, 0.29) is 5.91 Å². The molecule has 0 N–H and O–H groups in total.